The molecule has 2 aromatic rings. The Morgan fingerprint density at radius 3 is 2.59 bits per heavy atom. The molecule has 0 aliphatic carbocycles. The number of hydrogen-bond donors (Lipinski definition) is 2. The number of carbonyl (C=O) groups excluding carboxylic acids is 1. The number of rotatable bonds is 5. The summed E-state index contributed by atoms with van der Waals surface area (Å²) >= 11 is 1.41. The molecule has 4 nitrogen and oxygen atoms in total. The summed E-state index contributed by atoms with van der Waals surface area (Å²) in [5.74, 6) is -0.478. The molecule has 1 heterocycles. The van der Waals surface area contributed by atoms with Crippen molar-refractivity contribution in [2.45, 2.75) is 19.4 Å². The molecule has 0 aliphatic rings. The van der Waals surface area contributed by atoms with Crippen LogP contribution >= 0.6 is 36.2 Å². The molecule has 0 unspecified atom stereocenters. The van der Waals surface area contributed by atoms with Crippen molar-refractivity contribution in [2.75, 3.05) is 6.54 Å². The van der Waals surface area contributed by atoms with E-state index in [4.69, 9.17) is 5.73 Å². The number of thiazole rings is 1. The molecule has 1 atom stereocenters. The third-order valence-corrected chi connectivity index (χ3v) is 3.63. The molecule has 8 heteroatoms. The lowest BCUT2D eigenvalue weighted by atomic mass is 10.1. The zero-order valence-electron chi connectivity index (χ0n) is 11.9. The van der Waals surface area contributed by atoms with E-state index in [2.05, 4.69) is 10.3 Å². The minimum Gasteiger partial charge on any atom is -0.347 e. The van der Waals surface area contributed by atoms with Gasteiger partial charge in [0.25, 0.3) is 5.91 Å². The van der Waals surface area contributed by atoms with Crippen LogP contribution in [-0.4, -0.2) is 23.5 Å². The Bertz CT molecular complexity index is 592. The van der Waals surface area contributed by atoms with Crippen molar-refractivity contribution in [3.05, 3.63) is 51.7 Å². The Morgan fingerprint density at radius 1 is 1.36 bits per heavy atom. The van der Waals surface area contributed by atoms with Crippen LogP contribution in [0.3, 0.4) is 0 Å². The van der Waals surface area contributed by atoms with Crippen LogP contribution in [0, 0.1) is 5.82 Å². The fraction of sp³-hybridized carbons (Fsp3) is 0.286. The summed E-state index contributed by atoms with van der Waals surface area (Å²) in [5.41, 5.74) is 6.81. The Kier molecular flexibility index (Phi) is 9.20. The van der Waals surface area contributed by atoms with Crippen molar-refractivity contribution in [2.24, 2.45) is 5.73 Å². The van der Waals surface area contributed by atoms with Crippen LogP contribution < -0.4 is 11.1 Å². The number of benzene rings is 1. The van der Waals surface area contributed by atoms with Crippen molar-refractivity contribution in [1.82, 2.24) is 10.3 Å². The molecule has 0 saturated heterocycles. The number of carbonyl (C=O) groups is 1. The quantitative estimate of drug-likeness (QED) is 0.855. The lowest BCUT2D eigenvalue weighted by Gasteiger charge is -2.09. The highest BCUT2D eigenvalue weighted by atomic mass is 35.5. The van der Waals surface area contributed by atoms with Gasteiger partial charge in [-0.1, -0.05) is 12.1 Å². The van der Waals surface area contributed by atoms with Gasteiger partial charge in [-0.3, -0.25) is 4.79 Å². The number of nitrogens with two attached hydrogens (primary N) is 1. The van der Waals surface area contributed by atoms with Gasteiger partial charge in [0.05, 0.1) is 5.01 Å². The first kappa shape index (κ1) is 20.8. The van der Waals surface area contributed by atoms with Gasteiger partial charge in [0.1, 0.15) is 11.5 Å². The molecule has 0 aliphatic heterocycles. The second-order valence-electron chi connectivity index (χ2n) is 4.54. The minimum atomic E-state index is -0.260. The summed E-state index contributed by atoms with van der Waals surface area (Å²) in [5, 5.41) is 5.30. The summed E-state index contributed by atoms with van der Waals surface area (Å²) < 4.78 is 12.8. The van der Waals surface area contributed by atoms with E-state index in [1.54, 1.807) is 17.5 Å². The van der Waals surface area contributed by atoms with Gasteiger partial charge in [0.2, 0.25) is 0 Å². The van der Waals surface area contributed by atoms with E-state index in [1.165, 1.54) is 23.5 Å². The summed E-state index contributed by atoms with van der Waals surface area (Å²) in [6.07, 6.45) is 0.588. The first-order valence-electron chi connectivity index (χ1n) is 6.28. The van der Waals surface area contributed by atoms with Crippen molar-refractivity contribution < 1.29 is 9.18 Å². The molecule has 0 bridgehead atoms. The molecule has 122 valence electrons. The number of nitrogens with one attached hydrogen (secondary N) is 1. The van der Waals surface area contributed by atoms with Gasteiger partial charge in [0.15, 0.2) is 0 Å². The molecule has 1 aromatic heterocycles. The van der Waals surface area contributed by atoms with Crippen molar-refractivity contribution in [3.63, 3.8) is 0 Å². The predicted molar refractivity (Wildman–Crippen MR) is 91.8 cm³/mol. The Balaban J connectivity index is 0.00000220. The normalized spacial score (nSPS) is 11.0. The molecule has 2 rings (SSSR count). The first-order chi connectivity index (χ1) is 9.58. The lowest BCUT2D eigenvalue weighted by molar-refractivity contribution is 0.0937. The molecule has 0 saturated carbocycles. The molecule has 0 radical (unpaired) electrons. The van der Waals surface area contributed by atoms with Crippen molar-refractivity contribution in [3.8, 4) is 0 Å². The van der Waals surface area contributed by atoms with Crippen LogP contribution in [0.5, 0.6) is 0 Å². The average molecular weight is 366 g/mol. The molecular weight excluding hydrogens is 348 g/mol. The summed E-state index contributed by atoms with van der Waals surface area (Å²) in [6, 6.07) is 6.18. The summed E-state index contributed by atoms with van der Waals surface area (Å²) in [7, 11) is 0. The van der Waals surface area contributed by atoms with Crippen LogP contribution in [0.25, 0.3) is 0 Å². The van der Waals surface area contributed by atoms with Gasteiger partial charge in [-0.05, 0) is 24.6 Å². The third kappa shape index (κ3) is 5.88. The van der Waals surface area contributed by atoms with E-state index in [9.17, 15) is 9.18 Å². The largest absolute Gasteiger partial charge is 0.347 e. The number of halogens is 3. The van der Waals surface area contributed by atoms with Gasteiger partial charge in [-0.2, -0.15) is 0 Å². The van der Waals surface area contributed by atoms with E-state index < -0.39 is 0 Å². The Labute approximate surface area is 145 Å². The standard InChI is InChI=1S/C14H16FN3OS.2ClH/c1-9(7-16)17-14(19)12-8-20-13(18-12)6-10-2-4-11(15)5-3-10;;/h2-5,8-9H,6-7,16H2,1H3,(H,17,19);2*1H/t9-;;/m0../s1. The van der Waals surface area contributed by atoms with Gasteiger partial charge in [0, 0.05) is 24.4 Å². The van der Waals surface area contributed by atoms with Crippen LogP contribution in [0.4, 0.5) is 4.39 Å². The van der Waals surface area contributed by atoms with Gasteiger partial charge < -0.3 is 11.1 Å². The number of amides is 1. The monoisotopic (exact) mass is 365 g/mol. The van der Waals surface area contributed by atoms with E-state index in [-0.39, 0.29) is 42.6 Å². The van der Waals surface area contributed by atoms with Crippen molar-refractivity contribution >= 4 is 42.1 Å². The van der Waals surface area contributed by atoms with Gasteiger partial charge in [-0.25, -0.2) is 9.37 Å². The fourth-order valence-electron chi connectivity index (χ4n) is 1.63. The average Bonchev–Trinajstić information content (AvgIpc) is 2.90. The fourth-order valence-corrected chi connectivity index (χ4v) is 2.44. The van der Waals surface area contributed by atoms with Crippen LogP contribution in [0.1, 0.15) is 28.0 Å². The molecule has 1 aromatic carbocycles. The molecule has 1 amide bonds. The van der Waals surface area contributed by atoms with Gasteiger partial charge >= 0.3 is 0 Å². The maximum Gasteiger partial charge on any atom is 0.271 e. The SMILES string of the molecule is C[C@@H](CN)NC(=O)c1csc(Cc2ccc(F)cc2)n1.Cl.Cl. The highest BCUT2D eigenvalue weighted by molar-refractivity contribution is 7.09. The van der Waals surface area contributed by atoms with E-state index in [0.29, 0.717) is 18.7 Å². The number of nitrogens with zero attached hydrogens (tertiary/aromatic N) is 1. The molecule has 3 N–H and O–H groups in total. The van der Waals surface area contributed by atoms with Crippen LogP contribution in [0.15, 0.2) is 29.6 Å². The molecule has 0 spiro atoms. The third-order valence-electron chi connectivity index (χ3n) is 2.78. The van der Waals surface area contributed by atoms with Gasteiger partial charge in [-0.15, -0.1) is 36.2 Å². The van der Waals surface area contributed by atoms with Crippen LogP contribution in [-0.2, 0) is 6.42 Å². The number of aromatic nitrogens is 1. The zero-order chi connectivity index (χ0) is 14.5. The van der Waals surface area contributed by atoms with E-state index in [0.717, 1.165) is 10.6 Å². The van der Waals surface area contributed by atoms with Crippen LogP contribution in [0.2, 0.25) is 0 Å². The lowest BCUT2D eigenvalue weighted by Crippen LogP contribution is -2.37. The zero-order valence-corrected chi connectivity index (χ0v) is 14.4. The topological polar surface area (TPSA) is 68.0 Å². The second-order valence-corrected chi connectivity index (χ2v) is 5.48. The molecule has 22 heavy (non-hydrogen) atoms. The highest BCUT2D eigenvalue weighted by Crippen LogP contribution is 2.15. The Morgan fingerprint density at radius 2 is 2.00 bits per heavy atom. The smallest absolute Gasteiger partial charge is 0.271 e. The summed E-state index contributed by atoms with van der Waals surface area (Å²) in [6.45, 7) is 2.22. The molecular formula is C14H18Cl2FN3OS. The predicted octanol–water partition coefficient (Wildman–Crippen LogP) is 2.79. The van der Waals surface area contributed by atoms with E-state index in [1.807, 2.05) is 6.92 Å². The summed E-state index contributed by atoms with van der Waals surface area (Å²) in [4.78, 5) is 16.1. The maximum atomic E-state index is 12.8. The molecule has 0 fully saturated rings. The number of hydrogen-bond acceptors (Lipinski definition) is 4. The van der Waals surface area contributed by atoms with Crippen molar-refractivity contribution in [1.29, 1.82) is 0 Å². The minimum absolute atomic E-state index is 0. The Hall–Kier alpha value is -1.21. The first-order valence-corrected chi connectivity index (χ1v) is 7.16. The second kappa shape index (κ2) is 9.74. The van der Waals surface area contributed by atoms with E-state index >= 15 is 0 Å². The maximum absolute atomic E-state index is 12.8. The highest BCUT2D eigenvalue weighted by Gasteiger charge is 2.12.